The number of carbonyl (C=O) groups is 4. The van der Waals surface area contributed by atoms with Crippen LogP contribution >= 0.6 is 11.3 Å². The molecule has 62 heavy (non-hydrogen) atoms. The average molecular weight is 863 g/mol. The standard InChI is InChI=1S/C24H19F3N2O2S.C24H28N2O2.C2H6/c1-2-8-21(30)29(19-12-6-11-18(15-19)24(25,26)27)22(20-13-7-14-32-20)23(31)28-16-17-9-4-3-5-10-17;1-5-22(27)26(18-20-14-10-7-11-15-20)21(16-24(2,3)4)23(28)25-17-19-12-8-6-9-13-19;1-2/h3-7,9-15,22H,16H2,1H3,(H,28,31);1,6-15,21H,16-18H2,2-4H3,(H,25,28);1-2H3. The van der Waals surface area contributed by atoms with Gasteiger partial charge in [0.1, 0.15) is 6.04 Å². The summed E-state index contributed by atoms with van der Waals surface area (Å²) in [7, 11) is 0. The van der Waals surface area contributed by atoms with Gasteiger partial charge < -0.3 is 15.5 Å². The van der Waals surface area contributed by atoms with Crippen LogP contribution in [0, 0.1) is 29.6 Å². The van der Waals surface area contributed by atoms with E-state index in [9.17, 15) is 32.3 Å². The first-order valence-corrected chi connectivity index (χ1v) is 20.9. The van der Waals surface area contributed by atoms with Crippen LogP contribution in [0.3, 0.4) is 0 Å². The van der Waals surface area contributed by atoms with Crippen LogP contribution < -0.4 is 15.5 Å². The van der Waals surface area contributed by atoms with Crippen molar-refractivity contribution >= 4 is 40.7 Å². The summed E-state index contributed by atoms with van der Waals surface area (Å²) in [5.74, 6) is 5.03. The first kappa shape index (κ1) is 49.7. The Hall–Kier alpha value is -6.63. The Balaban J connectivity index is 0.000000320. The van der Waals surface area contributed by atoms with Gasteiger partial charge in [-0.3, -0.25) is 24.1 Å². The lowest BCUT2D eigenvalue weighted by Crippen LogP contribution is -2.50. The van der Waals surface area contributed by atoms with Gasteiger partial charge in [0.15, 0.2) is 6.04 Å². The molecule has 0 radical (unpaired) electrons. The molecule has 5 aromatic rings. The Morgan fingerprint density at radius 3 is 1.71 bits per heavy atom. The van der Waals surface area contributed by atoms with Crippen molar-refractivity contribution in [3.63, 3.8) is 0 Å². The van der Waals surface area contributed by atoms with Crippen molar-refractivity contribution in [2.45, 2.75) is 85.9 Å². The highest BCUT2D eigenvalue weighted by Gasteiger charge is 2.36. The van der Waals surface area contributed by atoms with Crippen molar-refractivity contribution in [1.82, 2.24) is 15.5 Å². The van der Waals surface area contributed by atoms with E-state index in [1.807, 2.05) is 126 Å². The number of thiophene rings is 1. The summed E-state index contributed by atoms with van der Waals surface area (Å²) in [6.45, 7) is 12.5. The Labute approximate surface area is 367 Å². The summed E-state index contributed by atoms with van der Waals surface area (Å²) in [6.07, 6.45) is 1.33. The summed E-state index contributed by atoms with van der Waals surface area (Å²) >= 11 is 1.22. The van der Waals surface area contributed by atoms with Gasteiger partial charge in [-0.05, 0) is 76.9 Å². The second kappa shape index (κ2) is 24.6. The lowest BCUT2D eigenvalue weighted by Gasteiger charge is -2.34. The molecule has 8 nitrogen and oxygen atoms in total. The smallest absolute Gasteiger partial charge is 0.350 e. The number of nitrogens with zero attached hydrogens (tertiary/aromatic N) is 2. The van der Waals surface area contributed by atoms with Gasteiger partial charge in [0.2, 0.25) is 11.8 Å². The van der Waals surface area contributed by atoms with Crippen LogP contribution in [-0.2, 0) is 45.0 Å². The summed E-state index contributed by atoms with van der Waals surface area (Å²) in [4.78, 5) is 54.8. The Kier molecular flexibility index (Phi) is 19.7. The lowest BCUT2D eigenvalue weighted by atomic mass is 9.86. The number of nitrogens with one attached hydrogen (secondary N) is 2. The molecule has 0 aliphatic heterocycles. The van der Waals surface area contributed by atoms with E-state index < -0.39 is 41.5 Å². The Morgan fingerprint density at radius 2 is 1.24 bits per heavy atom. The monoisotopic (exact) mass is 862 g/mol. The molecule has 0 saturated carbocycles. The Bertz CT molecular complexity index is 2280. The van der Waals surface area contributed by atoms with Crippen molar-refractivity contribution < 1.29 is 32.3 Å². The second-order valence-corrected chi connectivity index (χ2v) is 15.7. The number of anilines is 1. The molecule has 0 spiro atoms. The molecule has 0 aliphatic rings. The number of carbonyl (C=O) groups excluding carboxylic acids is 4. The van der Waals surface area contributed by atoms with Crippen LogP contribution in [0.25, 0.3) is 0 Å². The molecule has 0 aliphatic carbocycles. The maximum atomic E-state index is 13.3. The van der Waals surface area contributed by atoms with E-state index in [1.165, 1.54) is 35.3 Å². The maximum absolute atomic E-state index is 13.3. The molecule has 5 rings (SSSR count). The van der Waals surface area contributed by atoms with Gasteiger partial charge in [-0.2, -0.15) is 13.2 Å². The van der Waals surface area contributed by atoms with Gasteiger partial charge in [0.25, 0.3) is 5.91 Å². The number of benzene rings is 4. The molecular formula is C50H53F3N4O4S. The maximum Gasteiger partial charge on any atom is 0.416 e. The molecule has 2 unspecified atom stereocenters. The minimum absolute atomic E-state index is 0.0687. The van der Waals surface area contributed by atoms with E-state index in [0.717, 1.165) is 33.7 Å². The zero-order valence-corrected chi connectivity index (χ0v) is 36.6. The van der Waals surface area contributed by atoms with Crippen molar-refractivity contribution in [2.75, 3.05) is 4.90 Å². The number of rotatable bonds is 13. The molecule has 0 saturated heterocycles. The third-order valence-electron chi connectivity index (χ3n) is 8.91. The molecule has 0 bridgehead atoms. The lowest BCUT2D eigenvalue weighted by molar-refractivity contribution is -0.138. The van der Waals surface area contributed by atoms with E-state index in [0.29, 0.717) is 24.4 Å². The van der Waals surface area contributed by atoms with Crippen LogP contribution in [0.1, 0.15) is 81.1 Å². The largest absolute Gasteiger partial charge is 0.416 e. The molecule has 1 aromatic heterocycles. The van der Waals surface area contributed by atoms with Gasteiger partial charge in [0, 0.05) is 30.2 Å². The third kappa shape index (κ3) is 15.8. The van der Waals surface area contributed by atoms with E-state index in [2.05, 4.69) is 28.4 Å². The van der Waals surface area contributed by atoms with Gasteiger partial charge in [-0.1, -0.05) is 144 Å². The number of amides is 4. The number of hydrogen-bond acceptors (Lipinski definition) is 5. The van der Waals surface area contributed by atoms with E-state index in [-0.39, 0.29) is 23.6 Å². The molecule has 0 fully saturated rings. The number of halogens is 3. The Morgan fingerprint density at radius 1 is 0.710 bits per heavy atom. The van der Waals surface area contributed by atoms with E-state index in [1.54, 1.807) is 17.5 Å². The van der Waals surface area contributed by atoms with Crippen LogP contribution in [0.5, 0.6) is 0 Å². The normalized spacial score (nSPS) is 11.5. The fourth-order valence-electron chi connectivity index (χ4n) is 6.10. The first-order valence-electron chi connectivity index (χ1n) is 20.0. The van der Waals surface area contributed by atoms with Crippen LogP contribution in [0.4, 0.5) is 18.9 Å². The molecule has 2 atom stereocenters. The highest BCUT2D eigenvalue weighted by molar-refractivity contribution is 7.10. The van der Waals surface area contributed by atoms with Crippen molar-refractivity contribution in [1.29, 1.82) is 0 Å². The quantitative estimate of drug-likeness (QED) is 0.115. The molecule has 324 valence electrons. The summed E-state index contributed by atoms with van der Waals surface area (Å²) in [5.41, 5.74) is 1.63. The predicted molar refractivity (Wildman–Crippen MR) is 241 cm³/mol. The van der Waals surface area contributed by atoms with Crippen LogP contribution in [-0.4, -0.2) is 34.6 Å². The van der Waals surface area contributed by atoms with Gasteiger partial charge in [0.05, 0.1) is 5.56 Å². The minimum Gasteiger partial charge on any atom is -0.350 e. The van der Waals surface area contributed by atoms with Gasteiger partial charge in [-0.15, -0.1) is 17.8 Å². The van der Waals surface area contributed by atoms with Crippen LogP contribution in [0.15, 0.2) is 133 Å². The molecule has 4 amide bonds. The predicted octanol–water partition coefficient (Wildman–Crippen LogP) is 9.98. The third-order valence-corrected chi connectivity index (χ3v) is 9.83. The zero-order chi connectivity index (χ0) is 45.7. The molecular weight excluding hydrogens is 810 g/mol. The zero-order valence-electron chi connectivity index (χ0n) is 35.8. The summed E-state index contributed by atoms with van der Waals surface area (Å²) < 4.78 is 39.9. The topological polar surface area (TPSA) is 98.8 Å². The number of alkyl halides is 3. The van der Waals surface area contributed by atoms with Gasteiger partial charge in [-0.25, -0.2) is 0 Å². The first-order chi connectivity index (χ1) is 29.6. The van der Waals surface area contributed by atoms with Crippen molar-refractivity contribution in [3.8, 4) is 24.2 Å². The highest BCUT2D eigenvalue weighted by Crippen LogP contribution is 2.36. The van der Waals surface area contributed by atoms with Crippen LogP contribution in [0.2, 0.25) is 0 Å². The van der Waals surface area contributed by atoms with E-state index in [4.69, 9.17) is 6.42 Å². The SMILES string of the molecule is C#CC(=O)N(Cc1ccccc1)C(CC(C)(C)C)C(=O)NCc1ccccc1.CC.CC#CC(=O)N(c1cccc(C(F)(F)F)c1)C(C(=O)NCc1ccccc1)c1cccs1. The highest BCUT2D eigenvalue weighted by atomic mass is 32.1. The number of hydrogen-bond donors (Lipinski definition) is 2. The molecule has 12 heteroatoms. The molecule has 4 aromatic carbocycles. The fraction of sp³-hybridized carbons (Fsp3) is 0.280. The van der Waals surface area contributed by atoms with Gasteiger partial charge >= 0.3 is 12.1 Å². The fourth-order valence-corrected chi connectivity index (χ4v) is 6.91. The minimum atomic E-state index is -4.60. The molecule has 1 heterocycles. The van der Waals surface area contributed by atoms with E-state index >= 15 is 0 Å². The second-order valence-electron chi connectivity index (χ2n) is 14.8. The molecule has 2 N–H and O–H groups in total. The number of terminal acetylenes is 1. The van der Waals surface area contributed by atoms with Crippen molar-refractivity contribution in [2.24, 2.45) is 5.41 Å². The summed E-state index contributed by atoms with van der Waals surface area (Å²) in [6, 6.07) is 34.3. The van der Waals surface area contributed by atoms with Crippen molar-refractivity contribution in [3.05, 3.63) is 160 Å². The summed E-state index contributed by atoms with van der Waals surface area (Å²) in [5, 5.41) is 7.48. The average Bonchev–Trinajstić information content (AvgIpc) is 3.81.